The summed E-state index contributed by atoms with van der Waals surface area (Å²) >= 11 is 0. The molecule has 0 spiro atoms. The Morgan fingerprint density at radius 1 is 0.893 bits per heavy atom. The molecule has 150 valence electrons. The third-order valence-electron chi connectivity index (χ3n) is 3.71. The number of halogens is 1. The molecule has 0 aliphatic carbocycles. The van der Waals surface area contributed by atoms with Crippen molar-refractivity contribution in [3.8, 4) is 11.5 Å². The van der Waals surface area contributed by atoms with Crippen molar-refractivity contribution in [2.75, 3.05) is 26.4 Å². The van der Waals surface area contributed by atoms with E-state index in [0.29, 0.717) is 23.7 Å². The molecule has 0 fully saturated rings. The summed E-state index contributed by atoms with van der Waals surface area (Å²) in [6.45, 7) is 2.63. The van der Waals surface area contributed by atoms with Crippen molar-refractivity contribution in [1.82, 2.24) is 5.32 Å². The fourth-order valence-electron chi connectivity index (χ4n) is 2.19. The normalized spacial score (nSPS) is 10.2. The molecule has 6 nitrogen and oxygen atoms in total. The summed E-state index contributed by atoms with van der Waals surface area (Å²) in [5.74, 6) is -0.123. The van der Waals surface area contributed by atoms with Crippen molar-refractivity contribution in [3.63, 3.8) is 0 Å². The molecule has 2 aromatic rings. The molecule has 2 aromatic carbocycles. The first-order chi connectivity index (χ1) is 13.6. The van der Waals surface area contributed by atoms with Crippen LogP contribution in [0.3, 0.4) is 0 Å². The van der Waals surface area contributed by atoms with Crippen LogP contribution in [0.1, 0.15) is 30.1 Å². The first kappa shape index (κ1) is 21.2. The highest BCUT2D eigenvalue weighted by molar-refractivity contribution is 5.96. The van der Waals surface area contributed by atoms with Crippen LogP contribution in [-0.4, -0.2) is 38.2 Å². The number of carbonyl (C=O) groups is 2. The first-order valence-electron chi connectivity index (χ1n) is 9.13. The molecular formula is C21H24FNO5. The number of nitrogens with one attached hydrogen (secondary N) is 1. The van der Waals surface area contributed by atoms with Crippen LogP contribution < -0.4 is 14.8 Å². The maximum atomic E-state index is 12.8. The van der Waals surface area contributed by atoms with Gasteiger partial charge in [-0.15, -0.1) is 0 Å². The quantitative estimate of drug-likeness (QED) is 0.471. The zero-order valence-corrected chi connectivity index (χ0v) is 15.8. The maximum absolute atomic E-state index is 12.8. The highest BCUT2D eigenvalue weighted by Gasteiger charge is 2.09. The Kier molecular flexibility index (Phi) is 8.78. The second-order valence-corrected chi connectivity index (χ2v) is 5.93. The summed E-state index contributed by atoms with van der Waals surface area (Å²) in [5, 5.41) is 2.50. The minimum Gasteiger partial charge on any atom is -0.494 e. The van der Waals surface area contributed by atoms with Crippen LogP contribution >= 0.6 is 0 Å². The molecule has 1 N–H and O–H groups in total. The van der Waals surface area contributed by atoms with Crippen molar-refractivity contribution < 1.29 is 28.2 Å². The van der Waals surface area contributed by atoms with Gasteiger partial charge in [-0.2, -0.15) is 0 Å². The highest BCUT2D eigenvalue weighted by atomic mass is 19.1. The molecule has 0 heterocycles. The number of carbonyl (C=O) groups excluding carboxylic acids is 2. The monoisotopic (exact) mass is 389 g/mol. The third-order valence-corrected chi connectivity index (χ3v) is 3.71. The van der Waals surface area contributed by atoms with Gasteiger partial charge in [-0.1, -0.05) is 13.3 Å². The fourth-order valence-corrected chi connectivity index (χ4v) is 2.19. The molecule has 7 heteroatoms. The van der Waals surface area contributed by atoms with E-state index in [1.54, 1.807) is 24.3 Å². The standard InChI is InChI=1S/C21H24FNO5/c1-2-3-12-26-18-8-4-16(5-9-18)21(25)23-15-20(24)28-14-13-27-19-10-6-17(22)7-11-19/h4-11H,2-3,12-15H2,1H3,(H,23,25). The Morgan fingerprint density at radius 3 is 2.14 bits per heavy atom. The smallest absolute Gasteiger partial charge is 0.325 e. The Bertz CT molecular complexity index is 746. The van der Waals surface area contributed by atoms with E-state index in [0.717, 1.165) is 12.8 Å². The van der Waals surface area contributed by atoms with Crippen LogP contribution in [0.15, 0.2) is 48.5 Å². The van der Waals surface area contributed by atoms with Gasteiger partial charge in [0.2, 0.25) is 0 Å². The Hall–Kier alpha value is -3.09. The van der Waals surface area contributed by atoms with Gasteiger partial charge in [0.05, 0.1) is 6.61 Å². The number of benzene rings is 2. The van der Waals surface area contributed by atoms with Gasteiger partial charge in [0.1, 0.15) is 37.1 Å². The van der Waals surface area contributed by atoms with Crippen LogP contribution in [0.25, 0.3) is 0 Å². The van der Waals surface area contributed by atoms with Crippen molar-refractivity contribution >= 4 is 11.9 Å². The first-order valence-corrected chi connectivity index (χ1v) is 9.13. The van der Waals surface area contributed by atoms with Gasteiger partial charge >= 0.3 is 5.97 Å². The summed E-state index contributed by atoms with van der Waals surface area (Å²) in [7, 11) is 0. The minimum absolute atomic E-state index is 0.0237. The Labute approximate surface area is 163 Å². The molecule has 0 bridgehead atoms. The summed E-state index contributed by atoms with van der Waals surface area (Å²) in [6.07, 6.45) is 2.02. The van der Waals surface area contributed by atoms with Gasteiger partial charge in [-0.25, -0.2) is 4.39 Å². The van der Waals surface area contributed by atoms with Crippen LogP contribution in [0, 0.1) is 5.82 Å². The Balaban J connectivity index is 1.63. The number of hydrogen-bond donors (Lipinski definition) is 1. The molecule has 0 saturated heterocycles. The number of esters is 1. The highest BCUT2D eigenvalue weighted by Crippen LogP contribution is 2.13. The lowest BCUT2D eigenvalue weighted by Gasteiger charge is -2.09. The van der Waals surface area contributed by atoms with E-state index in [9.17, 15) is 14.0 Å². The molecule has 0 atom stereocenters. The zero-order valence-electron chi connectivity index (χ0n) is 15.8. The molecular weight excluding hydrogens is 365 g/mol. The van der Waals surface area contributed by atoms with Gasteiger partial charge in [0, 0.05) is 5.56 Å². The average Bonchev–Trinajstić information content (AvgIpc) is 2.71. The Morgan fingerprint density at radius 2 is 1.50 bits per heavy atom. The summed E-state index contributed by atoms with van der Waals surface area (Å²) in [4.78, 5) is 23.7. The van der Waals surface area contributed by atoms with E-state index < -0.39 is 5.97 Å². The van der Waals surface area contributed by atoms with E-state index in [1.165, 1.54) is 24.3 Å². The van der Waals surface area contributed by atoms with E-state index in [-0.39, 0.29) is 31.5 Å². The van der Waals surface area contributed by atoms with Crippen molar-refractivity contribution in [2.24, 2.45) is 0 Å². The predicted molar refractivity (Wildman–Crippen MR) is 102 cm³/mol. The van der Waals surface area contributed by atoms with E-state index in [4.69, 9.17) is 14.2 Å². The largest absolute Gasteiger partial charge is 0.494 e. The van der Waals surface area contributed by atoms with E-state index >= 15 is 0 Å². The number of amides is 1. The van der Waals surface area contributed by atoms with Gasteiger partial charge in [-0.3, -0.25) is 9.59 Å². The molecule has 2 rings (SSSR count). The lowest BCUT2D eigenvalue weighted by atomic mass is 10.2. The second-order valence-electron chi connectivity index (χ2n) is 5.93. The molecule has 0 aliphatic heterocycles. The topological polar surface area (TPSA) is 73.9 Å². The maximum Gasteiger partial charge on any atom is 0.325 e. The molecule has 0 aliphatic rings. The number of unbranched alkanes of at least 4 members (excludes halogenated alkanes) is 1. The van der Waals surface area contributed by atoms with Gasteiger partial charge in [0.25, 0.3) is 5.91 Å². The fraction of sp³-hybridized carbons (Fsp3) is 0.333. The number of hydrogen-bond acceptors (Lipinski definition) is 5. The lowest BCUT2D eigenvalue weighted by Crippen LogP contribution is -2.31. The summed E-state index contributed by atoms with van der Waals surface area (Å²) < 4.78 is 28.6. The minimum atomic E-state index is -0.574. The van der Waals surface area contributed by atoms with Gasteiger partial charge < -0.3 is 19.5 Å². The summed E-state index contributed by atoms with van der Waals surface area (Å²) in [5.41, 5.74) is 0.426. The SMILES string of the molecule is CCCCOc1ccc(C(=O)NCC(=O)OCCOc2ccc(F)cc2)cc1. The van der Waals surface area contributed by atoms with Gasteiger partial charge in [0.15, 0.2) is 0 Å². The third kappa shape index (κ3) is 7.65. The van der Waals surface area contributed by atoms with Crippen molar-refractivity contribution in [3.05, 3.63) is 59.9 Å². The number of rotatable bonds is 11. The van der Waals surface area contributed by atoms with E-state index in [2.05, 4.69) is 12.2 Å². The van der Waals surface area contributed by atoms with Crippen LogP contribution in [0.2, 0.25) is 0 Å². The van der Waals surface area contributed by atoms with Crippen molar-refractivity contribution in [2.45, 2.75) is 19.8 Å². The lowest BCUT2D eigenvalue weighted by molar-refractivity contribution is -0.143. The van der Waals surface area contributed by atoms with Crippen LogP contribution in [0.5, 0.6) is 11.5 Å². The molecule has 0 saturated carbocycles. The molecule has 28 heavy (non-hydrogen) atoms. The molecule has 0 radical (unpaired) electrons. The molecule has 0 unspecified atom stereocenters. The molecule has 0 aromatic heterocycles. The van der Waals surface area contributed by atoms with E-state index in [1.807, 2.05) is 0 Å². The predicted octanol–water partition coefficient (Wildman–Crippen LogP) is 3.36. The second kappa shape index (κ2) is 11.6. The average molecular weight is 389 g/mol. The van der Waals surface area contributed by atoms with Crippen molar-refractivity contribution in [1.29, 1.82) is 0 Å². The van der Waals surface area contributed by atoms with Crippen LogP contribution in [-0.2, 0) is 9.53 Å². The van der Waals surface area contributed by atoms with Gasteiger partial charge in [-0.05, 0) is 55.0 Å². The summed E-state index contributed by atoms with van der Waals surface area (Å²) in [6, 6.07) is 12.2. The zero-order chi connectivity index (χ0) is 20.2. The molecule has 1 amide bonds. The number of ether oxygens (including phenoxy) is 3. The van der Waals surface area contributed by atoms with Crippen LogP contribution in [0.4, 0.5) is 4.39 Å².